The van der Waals surface area contributed by atoms with Gasteiger partial charge in [-0.2, -0.15) is 4.31 Å². The van der Waals surface area contributed by atoms with Crippen molar-refractivity contribution >= 4 is 15.9 Å². The maximum absolute atomic E-state index is 14.1. The van der Waals surface area contributed by atoms with Gasteiger partial charge in [0.05, 0.1) is 17.6 Å². The van der Waals surface area contributed by atoms with E-state index in [-0.39, 0.29) is 19.2 Å². The van der Waals surface area contributed by atoms with Crippen molar-refractivity contribution in [2.75, 3.05) is 20.2 Å². The minimum absolute atomic E-state index is 0.153. The van der Waals surface area contributed by atoms with Gasteiger partial charge in [0.2, 0.25) is 10.0 Å². The Labute approximate surface area is 167 Å². The number of ether oxygens (including phenoxy) is 2. The fraction of sp³-hybridized carbons (Fsp3) is 0.316. The van der Waals surface area contributed by atoms with Crippen LogP contribution in [0.2, 0.25) is 0 Å². The zero-order valence-electron chi connectivity index (χ0n) is 15.7. The van der Waals surface area contributed by atoms with E-state index >= 15 is 0 Å². The van der Waals surface area contributed by atoms with Crippen molar-refractivity contribution in [1.29, 1.82) is 0 Å². The number of hydrogen-bond donors (Lipinski definition) is 2. The van der Waals surface area contributed by atoms with Crippen LogP contribution in [0.3, 0.4) is 0 Å². The van der Waals surface area contributed by atoms with Crippen LogP contribution in [0.25, 0.3) is 0 Å². The first-order chi connectivity index (χ1) is 13.9. The Bertz CT molecular complexity index is 973. The number of nitrogens with zero attached hydrogens (tertiary/aromatic N) is 1. The summed E-state index contributed by atoms with van der Waals surface area (Å²) >= 11 is 0. The summed E-state index contributed by atoms with van der Waals surface area (Å²) in [6, 6.07) is 10.4. The van der Waals surface area contributed by atoms with Crippen LogP contribution in [0.4, 0.5) is 4.39 Å². The summed E-state index contributed by atoms with van der Waals surface area (Å²) < 4.78 is 52.1. The molecule has 0 saturated carbocycles. The van der Waals surface area contributed by atoms with Crippen molar-refractivity contribution in [3.05, 3.63) is 53.8 Å². The van der Waals surface area contributed by atoms with Gasteiger partial charge in [-0.05, 0) is 49.2 Å². The number of sulfonamides is 1. The molecule has 1 saturated heterocycles. The van der Waals surface area contributed by atoms with Crippen LogP contribution < -0.4 is 15.0 Å². The number of nitrogens with one attached hydrogen (secondary N) is 1. The van der Waals surface area contributed by atoms with Gasteiger partial charge in [-0.1, -0.05) is 6.07 Å². The van der Waals surface area contributed by atoms with E-state index in [0.29, 0.717) is 24.3 Å². The van der Waals surface area contributed by atoms with Crippen molar-refractivity contribution in [2.45, 2.75) is 23.8 Å². The number of carbonyl (C=O) groups is 1. The molecule has 0 aromatic heterocycles. The summed E-state index contributed by atoms with van der Waals surface area (Å²) in [5.41, 5.74) is 0.573. The molecule has 1 fully saturated rings. The lowest BCUT2D eigenvalue weighted by Crippen LogP contribution is -2.42. The second kappa shape index (κ2) is 8.76. The van der Waals surface area contributed by atoms with E-state index in [1.54, 1.807) is 31.4 Å². The third-order valence-corrected chi connectivity index (χ3v) is 6.63. The predicted octanol–water partition coefficient (Wildman–Crippen LogP) is 2.19. The molecule has 8 nitrogen and oxygen atoms in total. The van der Waals surface area contributed by atoms with Gasteiger partial charge < -0.3 is 9.47 Å². The Balaban J connectivity index is 1.71. The maximum atomic E-state index is 14.1. The van der Waals surface area contributed by atoms with Gasteiger partial charge in [0.1, 0.15) is 23.4 Å². The van der Waals surface area contributed by atoms with E-state index in [2.05, 4.69) is 0 Å². The second-order valence-corrected chi connectivity index (χ2v) is 8.36. The van der Waals surface area contributed by atoms with E-state index < -0.39 is 32.2 Å². The van der Waals surface area contributed by atoms with Crippen LogP contribution in [-0.4, -0.2) is 50.1 Å². The minimum Gasteiger partial charge on any atom is -0.497 e. The highest BCUT2D eigenvalue weighted by molar-refractivity contribution is 7.89. The first-order valence-electron chi connectivity index (χ1n) is 8.90. The van der Waals surface area contributed by atoms with E-state index in [0.717, 1.165) is 12.1 Å². The van der Waals surface area contributed by atoms with Crippen LogP contribution in [0.5, 0.6) is 11.5 Å². The molecule has 1 aliphatic heterocycles. The quantitative estimate of drug-likeness (QED) is 0.544. The largest absolute Gasteiger partial charge is 0.497 e. The molecular weight excluding hydrogens is 403 g/mol. The fourth-order valence-electron chi connectivity index (χ4n) is 3.17. The molecule has 0 atom stereocenters. The van der Waals surface area contributed by atoms with Crippen molar-refractivity contribution in [2.24, 2.45) is 0 Å². The van der Waals surface area contributed by atoms with E-state index in [1.165, 1.54) is 15.9 Å². The van der Waals surface area contributed by atoms with Crippen molar-refractivity contribution < 1.29 is 32.3 Å². The lowest BCUT2D eigenvalue weighted by Gasteiger charge is -2.31. The summed E-state index contributed by atoms with van der Waals surface area (Å²) in [7, 11) is -2.56. The van der Waals surface area contributed by atoms with Gasteiger partial charge in [0.25, 0.3) is 5.91 Å². The lowest BCUT2D eigenvalue weighted by atomic mass is 10.1. The van der Waals surface area contributed by atoms with Gasteiger partial charge in [-0.25, -0.2) is 18.3 Å². The van der Waals surface area contributed by atoms with E-state index in [9.17, 15) is 17.6 Å². The Hall–Kier alpha value is -2.69. The second-order valence-electron chi connectivity index (χ2n) is 6.45. The standard InChI is InChI=1S/C19H21FN2O6S/c1-27-13-5-7-14(8-6-13)28-15-9-11-22(12-10-15)29(25,26)17-4-2-3-16(20)18(17)19(23)21-24/h2-8,15,24H,9-12H2,1H3,(H,21,23). The highest BCUT2D eigenvalue weighted by Gasteiger charge is 2.34. The SMILES string of the molecule is COc1ccc(OC2CCN(S(=O)(=O)c3cccc(F)c3C(=O)NO)CC2)cc1. The Morgan fingerprint density at radius 2 is 1.76 bits per heavy atom. The van der Waals surface area contributed by atoms with Gasteiger partial charge in [0.15, 0.2) is 0 Å². The lowest BCUT2D eigenvalue weighted by molar-refractivity contribution is 0.0697. The van der Waals surface area contributed by atoms with Crippen molar-refractivity contribution in [3.63, 3.8) is 0 Å². The molecule has 0 radical (unpaired) electrons. The maximum Gasteiger partial charge on any atom is 0.279 e. The highest BCUT2D eigenvalue weighted by atomic mass is 32.2. The highest BCUT2D eigenvalue weighted by Crippen LogP contribution is 2.27. The Kier molecular flexibility index (Phi) is 6.36. The number of piperidine rings is 1. The van der Waals surface area contributed by atoms with Gasteiger partial charge in [0, 0.05) is 13.1 Å². The van der Waals surface area contributed by atoms with Crippen molar-refractivity contribution in [1.82, 2.24) is 9.79 Å². The molecule has 2 N–H and O–H groups in total. The molecule has 1 heterocycles. The van der Waals surface area contributed by atoms with Crippen molar-refractivity contribution in [3.8, 4) is 11.5 Å². The normalized spacial score (nSPS) is 15.7. The number of carbonyl (C=O) groups excluding carboxylic acids is 1. The number of benzene rings is 2. The van der Waals surface area contributed by atoms with Gasteiger partial charge in [-0.3, -0.25) is 10.0 Å². The molecule has 2 aromatic rings. The summed E-state index contributed by atoms with van der Waals surface area (Å²) in [5.74, 6) is -0.898. The Morgan fingerprint density at radius 3 is 2.34 bits per heavy atom. The monoisotopic (exact) mass is 424 g/mol. The fourth-order valence-corrected chi connectivity index (χ4v) is 4.84. The van der Waals surface area contributed by atoms with Gasteiger partial charge in [-0.15, -0.1) is 0 Å². The average Bonchev–Trinajstić information content (AvgIpc) is 2.74. The third-order valence-electron chi connectivity index (χ3n) is 4.68. The minimum atomic E-state index is -4.13. The first kappa shape index (κ1) is 21.0. The number of hydroxylamine groups is 1. The van der Waals surface area contributed by atoms with Crippen LogP contribution in [-0.2, 0) is 10.0 Å². The summed E-state index contributed by atoms with van der Waals surface area (Å²) in [6.07, 6.45) is 0.687. The molecule has 29 heavy (non-hydrogen) atoms. The molecule has 0 aliphatic carbocycles. The molecule has 0 unspecified atom stereocenters. The molecule has 10 heteroatoms. The van der Waals surface area contributed by atoms with Crippen LogP contribution in [0.1, 0.15) is 23.2 Å². The van der Waals surface area contributed by atoms with E-state index in [4.69, 9.17) is 14.7 Å². The average molecular weight is 424 g/mol. The van der Waals surface area contributed by atoms with Crippen LogP contribution in [0.15, 0.2) is 47.4 Å². The topological polar surface area (TPSA) is 105 Å². The summed E-state index contributed by atoms with van der Waals surface area (Å²) in [6.45, 7) is 0.305. The zero-order valence-corrected chi connectivity index (χ0v) is 16.5. The molecule has 2 aromatic carbocycles. The molecule has 1 aliphatic rings. The Morgan fingerprint density at radius 1 is 1.14 bits per heavy atom. The molecule has 156 valence electrons. The van der Waals surface area contributed by atoms with E-state index in [1.807, 2.05) is 0 Å². The summed E-state index contributed by atoms with van der Waals surface area (Å²) in [5, 5.41) is 8.82. The van der Waals surface area contributed by atoms with Gasteiger partial charge >= 0.3 is 0 Å². The van der Waals surface area contributed by atoms with Crippen LogP contribution >= 0.6 is 0 Å². The first-order valence-corrected chi connectivity index (χ1v) is 10.3. The molecule has 1 amide bonds. The number of amides is 1. The number of halogens is 1. The molecular formula is C19H21FN2O6S. The molecule has 0 spiro atoms. The zero-order chi connectivity index (χ0) is 21.0. The summed E-state index contributed by atoms with van der Waals surface area (Å²) in [4.78, 5) is 11.3. The molecule has 0 bridgehead atoms. The number of rotatable bonds is 6. The predicted molar refractivity (Wildman–Crippen MR) is 101 cm³/mol. The smallest absolute Gasteiger partial charge is 0.279 e. The van der Waals surface area contributed by atoms with Crippen LogP contribution in [0, 0.1) is 5.82 Å². The number of methoxy groups -OCH3 is 1. The third kappa shape index (κ3) is 4.50. The molecule has 3 rings (SSSR count). The number of hydrogen-bond acceptors (Lipinski definition) is 6.